The first-order valence-corrected chi connectivity index (χ1v) is 42.1. The normalized spacial score (nSPS) is 16.0. The van der Waals surface area contributed by atoms with Crippen molar-refractivity contribution >= 4 is 0 Å². The summed E-state index contributed by atoms with van der Waals surface area (Å²) in [6.45, 7) is 13.8. The van der Waals surface area contributed by atoms with Crippen LogP contribution in [0.2, 0.25) is 0 Å². The summed E-state index contributed by atoms with van der Waals surface area (Å²) in [4.78, 5) is 0. The van der Waals surface area contributed by atoms with Gasteiger partial charge < -0.3 is 0 Å². The van der Waals surface area contributed by atoms with E-state index in [9.17, 15) is 87.8 Å². The molecule has 0 saturated carbocycles. The lowest BCUT2D eigenvalue weighted by Gasteiger charge is -2.25. The van der Waals surface area contributed by atoms with Crippen LogP contribution in [-0.4, -0.2) is 0 Å². The highest BCUT2D eigenvalue weighted by Gasteiger charge is 2.27. The molecule has 0 aromatic heterocycles. The molecule has 10 aromatic rings. The number of fused-ring (bicyclic) bond motifs is 5. The Kier molecular flexibility index (Phi) is 33.7. The number of hydrogen-bond donors (Lipinski definition) is 0. The molecule has 0 radical (unpaired) electrons. The first kappa shape index (κ1) is 95.5. The van der Waals surface area contributed by atoms with Gasteiger partial charge in [0.05, 0.1) is 27.8 Å². The van der Waals surface area contributed by atoms with E-state index in [0.29, 0.717) is 29.6 Å². The minimum atomic E-state index is -1.54. The van der Waals surface area contributed by atoms with E-state index in [1.807, 2.05) is 25.2 Å². The van der Waals surface area contributed by atoms with Crippen LogP contribution in [0.25, 0.3) is 0 Å². The van der Waals surface area contributed by atoms with Gasteiger partial charge in [-0.3, -0.25) is 0 Å². The number of allylic oxidation sites excluding steroid dienone is 4. The van der Waals surface area contributed by atoms with Gasteiger partial charge in [-0.15, -0.1) is 13.2 Å². The molecule has 127 heavy (non-hydrogen) atoms. The van der Waals surface area contributed by atoms with Crippen LogP contribution in [0.3, 0.4) is 0 Å². The van der Waals surface area contributed by atoms with E-state index in [1.165, 1.54) is 56.0 Å². The first-order chi connectivity index (χ1) is 60.9. The van der Waals surface area contributed by atoms with Crippen molar-refractivity contribution in [3.63, 3.8) is 0 Å². The van der Waals surface area contributed by atoms with Gasteiger partial charge in [0.2, 0.25) is 0 Å². The van der Waals surface area contributed by atoms with Crippen molar-refractivity contribution in [2.45, 2.75) is 168 Å². The molecule has 20 heteroatoms. The average Bonchev–Trinajstić information content (AvgIpc) is 0.817. The Morgan fingerprint density at radius 3 is 0.780 bits per heavy atom. The average molecular weight is 1750 g/mol. The first-order valence-electron chi connectivity index (χ1n) is 42.1. The third kappa shape index (κ3) is 25.8. The molecule has 0 N–H and O–H groups in total. The molecule has 5 aliphatic rings. The predicted molar refractivity (Wildman–Crippen MR) is 455 cm³/mol. The fourth-order valence-corrected chi connectivity index (χ4v) is 16.3. The Bertz CT molecular complexity index is 6030. The van der Waals surface area contributed by atoms with Gasteiger partial charge in [-0.25, -0.2) is 87.8 Å². The summed E-state index contributed by atoms with van der Waals surface area (Å²) < 4.78 is 269. The molecule has 15 rings (SSSR count). The SMILES string of the molecule is C/C=C/C1CCc2cc(C#Cc3cc(F)c(F)c(F)c3)c(F)cc2C1.C=CC1CCc2cc(C#Cc3cc(F)c(F)c(F)c3)c(F)cc2C1.C=CCCC1CCc2cc(C#Cc3cc(F)c(F)c(F)c3)c(F)cc2C1.CCCC1CCc2cc(C#Cc3cc(F)c(F)c(F)c3)c(F)cc2C1.CCCCCC1CCc2cc(C#Cc3cc(F)c(F)c(F)c3)c(F)cc2C1. The number of unbranched alkanes of at least 4 members (excludes halogenated alkanes) is 2. The molecule has 0 amide bonds. The number of hydrogen-bond acceptors (Lipinski definition) is 0. The van der Waals surface area contributed by atoms with Crippen molar-refractivity contribution in [2.24, 2.45) is 29.6 Å². The standard InChI is InChI=1S/C23H22F4.C22H18F4.C21H18F4.C21H16F4.C20H14F4/c1-2-3-4-5-15-6-8-17-13-18(20(24)14-19(17)10-15)9-7-16-11-21(25)23(27)22(26)12-16;1-2-3-4-14-5-7-16-12-17(19(23)13-18(16)9-14)8-6-15-10-20(24)22(26)21(25)11-15;2*1-2-3-13-4-6-15-11-16(18(22)12-17(15)8-13)7-5-14-9-19(23)21(25)20(24)10-14;1-2-12-3-5-14-10-15(17(21)11-16(14)7-12)6-4-13-8-18(22)20(24)19(23)9-13/h11-15H,2-6,8,10H2,1H3;2,10-14H,1,3-5,7,9H2;9-13H,2-4,6,8H2,1H3;2-3,9-13H,4,6,8H2,1H3;2,8-12H,1,3,5,7H2/b;;;3-2+;. The number of rotatable bonds is 11. The van der Waals surface area contributed by atoms with E-state index in [4.69, 9.17) is 0 Å². The van der Waals surface area contributed by atoms with Crippen LogP contribution in [0.4, 0.5) is 87.8 Å². The molecule has 5 atom stereocenters. The summed E-state index contributed by atoms with van der Waals surface area (Å²) in [7, 11) is 0. The smallest absolute Gasteiger partial charge is 0.194 e. The van der Waals surface area contributed by atoms with E-state index in [-0.39, 0.29) is 55.6 Å². The van der Waals surface area contributed by atoms with Crippen molar-refractivity contribution < 1.29 is 87.8 Å². The zero-order valence-corrected chi connectivity index (χ0v) is 70.0. The topological polar surface area (TPSA) is 0 Å². The molecule has 0 saturated heterocycles. The lowest BCUT2D eigenvalue weighted by molar-refractivity contribution is 0.407. The van der Waals surface area contributed by atoms with Crippen LogP contribution in [0.15, 0.2) is 159 Å². The van der Waals surface area contributed by atoms with Crippen LogP contribution in [-0.2, 0) is 64.2 Å². The second-order valence-corrected chi connectivity index (χ2v) is 32.3. The third-order valence-electron chi connectivity index (χ3n) is 23.1. The summed E-state index contributed by atoms with van der Waals surface area (Å²) in [5.41, 5.74) is 11.0. The highest BCUT2D eigenvalue weighted by Crippen LogP contribution is 2.36. The van der Waals surface area contributed by atoms with Gasteiger partial charge in [-0.1, -0.05) is 136 Å². The number of halogens is 20. The highest BCUT2D eigenvalue weighted by molar-refractivity contribution is 5.54. The zero-order valence-electron chi connectivity index (χ0n) is 70.0. The molecule has 0 heterocycles. The molecule has 0 fully saturated rings. The van der Waals surface area contributed by atoms with E-state index >= 15 is 0 Å². The van der Waals surface area contributed by atoms with Gasteiger partial charge in [-0.2, -0.15) is 0 Å². The maximum Gasteiger partial charge on any atom is 0.194 e. The fraction of sp³-hybridized carbons (Fsp3) is 0.290. The summed E-state index contributed by atoms with van der Waals surface area (Å²) in [5.74, 6) is 4.94. The van der Waals surface area contributed by atoms with Gasteiger partial charge in [0.1, 0.15) is 29.1 Å². The quantitative estimate of drug-likeness (QED) is 0.0398. The lowest BCUT2D eigenvalue weighted by Crippen LogP contribution is -2.15. The molecule has 656 valence electrons. The van der Waals surface area contributed by atoms with Gasteiger partial charge in [0, 0.05) is 27.8 Å². The highest BCUT2D eigenvalue weighted by atomic mass is 19.2. The molecule has 0 aliphatic heterocycles. The summed E-state index contributed by atoms with van der Waals surface area (Å²) in [5, 5.41) is 0. The van der Waals surface area contributed by atoms with Crippen LogP contribution in [0, 0.1) is 205 Å². The molecular formula is C107H88F20. The number of aryl methyl sites for hydroxylation is 5. The predicted octanol–water partition coefficient (Wildman–Crippen LogP) is 27.8. The van der Waals surface area contributed by atoms with Crippen molar-refractivity contribution in [3.8, 4) is 59.2 Å². The fourth-order valence-electron chi connectivity index (χ4n) is 16.3. The summed E-state index contributed by atoms with van der Waals surface area (Å²) in [6, 6.07) is 24.0. The third-order valence-corrected chi connectivity index (χ3v) is 23.1. The van der Waals surface area contributed by atoms with Crippen LogP contribution in [0.1, 0.15) is 216 Å². The van der Waals surface area contributed by atoms with Crippen LogP contribution in [0.5, 0.6) is 0 Å². The Labute approximate surface area is 727 Å². The molecular weight excluding hydrogens is 1670 g/mol. The molecule has 0 spiro atoms. The Hall–Kier alpha value is -12.2. The van der Waals surface area contributed by atoms with Crippen LogP contribution < -0.4 is 0 Å². The minimum absolute atomic E-state index is 0.0282. The Balaban J connectivity index is 0.000000154. The summed E-state index contributed by atoms with van der Waals surface area (Å²) >= 11 is 0. The second kappa shape index (κ2) is 44.8. The van der Waals surface area contributed by atoms with Crippen molar-refractivity contribution in [2.75, 3.05) is 0 Å². The Morgan fingerprint density at radius 2 is 0.520 bits per heavy atom. The van der Waals surface area contributed by atoms with E-state index < -0.39 is 116 Å². The van der Waals surface area contributed by atoms with Gasteiger partial charge in [0.15, 0.2) is 87.3 Å². The van der Waals surface area contributed by atoms with Gasteiger partial charge in [-0.05, 0) is 323 Å². The number of benzene rings is 10. The zero-order chi connectivity index (χ0) is 91.3. The Morgan fingerprint density at radius 1 is 0.268 bits per heavy atom. The van der Waals surface area contributed by atoms with Crippen LogP contribution >= 0.6 is 0 Å². The van der Waals surface area contributed by atoms with E-state index in [1.54, 1.807) is 30.3 Å². The van der Waals surface area contributed by atoms with E-state index in [2.05, 4.69) is 92.3 Å². The summed E-state index contributed by atoms with van der Waals surface area (Å²) in [6.07, 6.45) is 30.6. The van der Waals surface area contributed by atoms with Crippen molar-refractivity contribution in [3.05, 3.63) is 386 Å². The second-order valence-electron chi connectivity index (χ2n) is 32.3. The maximum absolute atomic E-state index is 14.4. The van der Waals surface area contributed by atoms with Gasteiger partial charge >= 0.3 is 0 Å². The maximum atomic E-state index is 14.4. The van der Waals surface area contributed by atoms with E-state index in [0.717, 1.165) is 238 Å². The molecule has 10 aromatic carbocycles. The van der Waals surface area contributed by atoms with Crippen molar-refractivity contribution in [1.82, 2.24) is 0 Å². The lowest BCUT2D eigenvalue weighted by atomic mass is 9.80. The van der Waals surface area contributed by atoms with Gasteiger partial charge in [0.25, 0.3) is 0 Å². The van der Waals surface area contributed by atoms with Crippen molar-refractivity contribution in [1.29, 1.82) is 0 Å². The molecule has 0 nitrogen and oxygen atoms in total. The molecule has 5 unspecified atom stereocenters. The monoisotopic (exact) mass is 1750 g/mol. The molecule has 5 aliphatic carbocycles. The largest absolute Gasteiger partial charge is 0.206 e. The minimum Gasteiger partial charge on any atom is -0.206 e. The molecule has 0 bridgehead atoms.